The zero-order valence-electron chi connectivity index (χ0n) is 9.20. The lowest BCUT2D eigenvalue weighted by molar-refractivity contribution is -0.112. The van der Waals surface area contributed by atoms with Crippen LogP contribution in [0.4, 0.5) is 5.69 Å². The van der Waals surface area contributed by atoms with Crippen LogP contribution in [0.5, 0.6) is 5.75 Å². The third kappa shape index (κ3) is 3.46. The van der Waals surface area contributed by atoms with E-state index in [0.717, 1.165) is 17.1 Å². The summed E-state index contributed by atoms with van der Waals surface area (Å²) in [4.78, 5) is 10.9. The van der Waals surface area contributed by atoms with Crippen LogP contribution in [0.2, 0.25) is 0 Å². The number of ether oxygens (including phenoxy) is 1. The molecule has 3 nitrogen and oxygen atoms in total. The molecule has 0 aliphatic rings. The van der Waals surface area contributed by atoms with Gasteiger partial charge in [-0.1, -0.05) is 12.1 Å². The van der Waals surface area contributed by atoms with Gasteiger partial charge < -0.3 is 10.1 Å². The maximum atomic E-state index is 10.9. The lowest BCUT2D eigenvalue weighted by Gasteiger charge is -2.10. The molecule has 0 saturated carbocycles. The average Bonchev–Trinajstić information content (AvgIpc) is 2.17. The fourth-order valence-corrected chi connectivity index (χ4v) is 1.30. The predicted octanol–water partition coefficient (Wildman–Crippen LogP) is 2.60. The quantitative estimate of drug-likeness (QED) is 0.768. The van der Waals surface area contributed by atoms with Gasteiger partial charge in [-0.15, -0.1) is 0 Å². The molecule has 0 aliphatic heterocycles. The van der Waals surface area contributed by atoms with Gasteiger partial charge in [0.05, 0.1) is 12.8 Å². The zero-order valence-corrected chi connectivity index (χ0v) is 9.20. The van der Waals surface area contributed by atoms with Gasteiger partial charge in [-0.05, 0) is 32.1 Å². The van der Waals surface area contributed by atoms with Gasteiger partial charge in [0, 0.05) is 5.70 Å². The minimum atomic E-state index is 0.0231. The molecule has 0 saturated heterocycles. The SMILES string of the molecule is COc1ccccc1NC(C)=CC(C)=O. The predicted molar refractivity (Wildman–Crippen MR) is 61.1 cm³/mol. The van der Waals surface area contributed by atoms with Crippen molar-refractivity contribution in [3.05, 3.63) is 36.0 Å². The Morgan fingerprint density at radius 3 is 2.60 bits per heavy atom. The van der Waals surface area contributed by atoms with Crippen molar-refractivity contribution >= 4 is 11.5 Å². The number of anilines is 1. The van der Waals surface area contributed by atoms with Crippen LogP contribution in [-0.2, 0) is 4.79 Å². The van der Waals surface area contributed by atoms with Crippen LogP contribution in [0.25, 0.3) is 0 Å². The number of ketones is 1. The highest BCUT2D eigenvalue weighted by molar-refractivity contribution is 5.88. The Bertz CT molecular complexity index is 383. The first kappa shape index (κ1) is 11.3. The minimum Gasteiger partial charge on any atom is -0.495 e. The van der Waals surface area contributed by atoms with E-state index >= 15 is 0 Å². The van der Waals surface area contributed by atoms with Gasteiger partial charge in [0.15, 0.2) is 5.78 Å². The van der Waals surface area contributed by atoms with Gasteiger partial charge in [0.1, 0.15) is 5.75 Å². The van der Waals surface area contributed by atoms with Crippen molar-refractivity contribution in [3.8, 4) is 5.75 Å². The van der Waals surface area contributed by atoms with E-state index in [-0.39, 0.29) is 5.78 Å². The standard InChI is InChI=1S/C12H15NO2/c1-9(8-10(2)14)13-11-6-4-5-7-12(11)15-3/h4-8,13H,1-3H3. The summed E-state index contributed by atoms with van der Waals surface area (Å²) in [5.41, 5.74) is 1.65. The summed E-state index contributed by atoms with van der Waals surface area (Å²) in [6.45, 7) is 3.36. The van der Waals surface area contributed by atoms with E-state index in [1.165, 1.54) is 6.92 Å². The number of benzene rings is 1. The number of hydrogen-bond donors (Lipinski definition) is 1. The first-order chi connectivity index (χ1) is 7.13. The summed E-state index contributed by atoms with van der Waals surface area (Å²) in [6, 6.07) is 7.57. The number of carbonyl (C=O) groups is 1. The van der Waals surface area contributed by atoms with E-state index < -0.39 is 0 Å². The largest absolute Gasteiger partial charge is 0.495 e. The fourth-order valence-electron chi connectivity index (χ4n) is 1.30. The highest BCUT2D eigenvalue weighted by Gasteiger charge is 2.00. The van der Waals surface area contributed by atoms with E-state index in [2.05, 4.69) is 5.32 Å². The van der Waals surface area contributed by atoms with E-state index in [0.29, 0.717) is 0 Å². The Balaban J connectivity index is 2.84. The summed E-state index contributed by atoms with van der Waals surface area (Å²) >= 11 is 0. The molecule has 0 fully saturated rings. The summed E-state index contributed by atoms with van der Waals surface area (Å²) in [6.07, 6.45) is 1.55. The van der Waals surface area contributed by atoms with Crippen LogP contribution >= 0.6 is 0 Å². The van der Waals surface area contributed by atoms with Crippen LogP contribution < -0.4 is 10.1 Å². The third-order valence-corrected chi connectivity index (χ3v) is 1.86. The maximum absolute atomic E-state index is 10.9. The molecule has 0 aliphatic carbocycles. The number of nitrogens with one attached hydrogen (secondary N) is 1. The minimum absolute atomic E-state index is 0.0231. The van der Waals surface area contributed by atoms with Gasteiger partial charge in [0.2, 0.25) is 0 Å². The van der Waals surface area contributed by atoms with Gasteiger partial charge in [-0.3, -0.25) is 4.79 Å². The molecule has 1 rings (SSSR count). The highest BCUT2D eigenvalue weighted by atomic mass is 16.5. The van der Waals surface area contributed by atoms with E-state index in [1.807, 2.05) is 31.2 Å². The highest BCUT2D eigenvalue weighted by Crippen LogP contribution is 2.24. The second-order valence-corrected chi connectivity index (χ2v) is 3.26. The summed E-state index contributed by atoms with van der Waals surface area (Å²) in [5, 5.41) is 3.11. The van der Waals surface area contributed by atoms with Gasteiger partial charge in [-0.2, -0.15) is 0 Å². The summed E-state index contributed by atoms with van der Waals surface area (Å²) < 4.78 is 5.18. The fraction of sp³-hybridized carbons (Fsp3) is 0.250. The molecular weight excluding hydrogens is 190 g/mol. The Kier molecular flexibility index (Phi) is 3.92. The van der Waals surface area contributed by atoms with Crippen LogP contribution in [0.15, 0.2) is 36.0 Å². The number of allylic oxidation sites excluding steroid dienone is 2. The zero-order chi connectivity index (χ0) is 11.3. The molecule has 3 heteroatoms. The molecule has 0 amide bonds. The normalized spacial score (nSPS) is 11.0. The molecule has 0 heterocycles. The van der Waals surface area contributed by atoms with Crippen molar-refractivity contribution in [2.24, 2.45) is 0 Å². The van der Waals surface area contributed by atoms with Crippen LogP contribution in [0.3, 0.4) is 0 Å². The monoisotopic (exact) mass is 205 g/mol. The Morgan fingerprint density at radius 2 is 2.00 bits per heavy atom. The molecule has 1 aromatic rings. The molecule has 1 aromatic carbocycles. The van der Waals surface area contributed by atoms with Crippen molar-refractivity contribution in [2.75, 3.05) is 12.4 Å². The summed E-state index contributed by atoms with van der Waals surface area (Å²) in [7, 11) is 1.62. The van der Waals surface area contributed by atoms with Crippen molar-refractivity contribution in [3.63, 3.8) is 0 Å². The van der Waals surface area contributed by atoms with Crippen LogP contribution in [-0.4, -0.2) is 12.9 Å². The Labute approximate surface area is 89.8 Å². The first-order valence-corrected chi connectivity index (χ1v) is 4.72. The molecule has 1 N–H and O–H groups in total. The number of para-hydroxylation sites is 2. The number of carbonyl (C=O) groups excluding carboxylic acids is 1. The topological polar surface area (TPSA) is 38.3 Å². The van der Waals surface area contributed by atoms with E-state index in [1.54, 1.807) is 13.2 Å². The van der Waals surface area contributed by atoms with Gasteiger partial charge in [0.25, 0.3) is 0 Å². The first-order valence-electron chi connectivity index (χ1n) is 4.72. The molecule has 0 atom stereocenters. The van der Waals surface area contributed by atoms with Crippen molar-refractivity contribution in [2.45, 2.75) is 13.8 Å². The Morgan fingerprint density at radius 1 is 1.33 bits per heavy atom. The number of rotatable bonds is 4. The molecule has 0 aromatic heterocycles. The van der Waals surface area contributed by atoms with E-state index in [9.17, 15) is 4.79 Å². The molecule has 0 bridgehead atoms. The number of methoxy groups -OCH3 is 1. The smallest absolute Gasteiger partial charge is 0.154 e. The molecule has 80 valence electrons. The molecule has 0 spiro atoms. The molecular formula is C12H15NO2. The second-order valence-electron chi connectivity index (χ2n) is 3.26. The average molecular weight is 205 g/mol. The lowest BCUT2D eigenvalue weighted by atomic mass is 10.2. The maximum Gasteiger partial charge on any atom is 0.154 e. The van der Waals surface area contributed by atoms with Crippen molar-refractivity contribution in [1.29, 1.82) is 0 Å². The number of hydrogen-bond acceptors (Lipinski definition) is 3. The molecule has 0 unspecified atom stereocenters. The van der Waals surface area contributed by atoms with Crippen LogP contribution in [0, 0.1) is 0 Å². The second kappa shape index (κ2) is 5.20. The van der Waals surface area contributed by atoms with Crippen molar-refractivity contribution < 1.29 is 9.53 Å². The van der Waals surface area contributed by atoms with E-state index in [4.69, 9.17) is 4.74 Å². The third-order valence-electron chi connectivity index (χ3n) is 1.86. The van der Waals surface area contributed by atoms with Gasteiger partial charge >= 0.3 is 0 Å². The summed E-state index contributed by atoms with van der Waals surface area (Å²) in [5.74, 6) is 0.781. The van der Waals surface area contributed by atoms with Crippen molar-refractivity contribution in [1.82, 2.24) is 0 Å². The van der Waals surface area contributed by atoms with Crippen LogP contribution in [0.1, 0.15) is 13.8 Å². The van der Waals surface area contributed by atoms with Gasteiger partial charge in [-0.25, -0.2) is 0 Å². The molecule has 15 heavy (non-hydrogen) atoms. The Hall–Kier alpha value is -1.77. The molecule has 0 radical (unpaired) electrons. The lowest BCUT2D eigenvalue weighted by Crippen LogP contribution is -2.00.